The van der Waals surface area contributed by atoms with Gasteiger partial charge in [0.25, 0.3) is 0 Å². The van der Waals surface area contributed by atoms with E-state index in [-0.39, 0.29) is 24.0 Å². The highest BCUT2D eigenvalue weighted by Crippen LogP contribution is 2.11. The summed E-state index contributed by atoms with van der Waals surface area (Å²) in [5.41, 5.74) is 0. The van der Waals surface area contributed by atoms with Crippen LogP contribution in [0.2, 0.25) is 0 Å². The van der Waals surface area contributed by atoms with Crippen molar-refractivity contribution in [1.82, 2.24) is 15.6 Å². The molecule has 0 aliphatic rings. The zero-order valence-corrected chi connectivity index (χ0v) is 14.6. The Morgan fingerprint density at radius 1 is 1.44 bits per heavy atom. The van der Waals surface area contributed by atoms with Crippen molar-refractivity contribution in [3.63, 3.8) is 0 Å². The van der Waals surface area contributed by atoms with Crippen LogP contribution in [0.4, 0.5) is 0 Å². The number of nitrogens with zero attached hydrogens (tertiary/aromatic N) is 2. The summed E-state index contributed by atoms with van der Waals surface area (Å²) >= 11 is 1.70. The van der Waals surface area contributed by atoms with E-state index in [1.807, 2.05) is 6.20 Å². The molecule has 1 rings (SSSR count). The van der Waals surface area contributed by atoms with Crippen LogP contribution in [0.25, 0.3) is 0 Å². The smallest absolute Gasteiger partial charge is 0.191 e. The standard InChI is InChI=1S/C12H22N4S.HI/c1-5-13-12(15-6-9(2)3)16-8-11-14-7-10(4)17-11;/h7,9H,5-6,8H2,1-4H3,(H2,13,15,16);1H. The Bertz CT molecular complexity index is 363. The first kappa shape index (κ1) is 17.6. The molecule has 6 heteroatoms. The van der Waals surface area contributed by atoms with E-state index in [4.69, 9.17) is 0 Å². The SMILES string of the molecule is CCNC(=NCc1ncc(C)s1)NCC(C)C.I. The van der Waals surface area contributed by atoms with Crippen molar-refractivity contribution < 1.29 is 0 Å². The lowest BCUT2D eigenvalue weighted by Crippen LogP contribution is -2.39. The maximum atomic E-state index is 4.51. The van der Waals surface area contributed by atoms with Gasteiger partial charge in [-0.15, -0.1) is 35.3 Å². The van der Waals surface area contributed by atoms with Crippen molar-refractivity contribution in [3.8, 4) is 0 Å². The van der Waals surface area contributed by atoms with Gasteiger partial charge in [-0.2, -0.15) is 0 Å². The predicted molar refractivity (Wildman–Crippen MR) is 89.9 cm³/mol. The van der Waals surface area contributed by atoms with Crippen molar-refractivity contribution in [2.24, 2.45) is 10.9 Å². The van der Waals surface area contributed by atoms with Crippen LogP contribution in [-0.2, 0) is 6.54 Å². The molecule has 18 heavy (non-hydrogen) atoms. The van der Waals surface area contributed by atoms with Crippen LogP contribution in [0.3, 0.4) is 0 Å². The Balaban J connectivity index is 0.00000289. The van der Waals surface area contributed by atoms with Gasteiger partial charge in [0.2, 0.25) is 0 Å². The molecule has 0 amide bonds. The Morgan fingerprint density at radius 3 is 2.67 bits per heavy atom. The first-order valence-electron chi connectivity index (χ1n) is 6.05. The number of hydrogen-bond acceptors (Lipinski definition) is 3. The molecule has 0 fully saturated rings. The summed E-state index contributed by atoms with van der Waals surface area (Å²) in [4.78, 5) is 10.0. The van der Waals surface area contributed by atoms with Gasteiger partial charge < -0.3 is 10.6 Å². The van der Waals surface area contributed by atoms with Crippen molar-refractivity contribution in [3.05, 3.63) is 16.1 Å². The Kier molecular flexibility index (Phi) is 9.35. The van der Waals surface area contributed by atoms with Gasteiger partial charge in [-0.05, 0) is 19.8 Å². The Hall–Kier alpha value is -0.370. The lowest BCUT2D eigenvalue weighted by atomic mass is 10.2. The molecular weight excluding hydrogens is 359 g/mol. The largest absolute Gasteiger partial charge is 0.357 e. The molecule has 0 aliphatic heterocycles. The molecule has 2 N–H and O–H groups in total. The number of aryl methyl sites for hydroxylation is 1. The van der Waals surface area contributed by atoms with E-state index < -0.39 is 0 Å². The number of nitrogens with one attached hydrogen (secondary N) is 2. The highest BCUT2D eigenvalue weighted by Gasteiger charge is 2.01. The molecule has 0 bridgehead atoms. The minimum atomic E-state index is 0. The lowest BCUT2D eigenvalue weighted by molar-refractivity contribution is 0.615. The van der Waals surface area contributed by atoms with Gasteiger partial charge in [0.1, 0.15) is 5.01 Å². The van der Waals surface area contributed by atoms with Gasteiger partial charge in [-0.25, -0.2) is 9.98 Å². The molecule has 0 aliphatic carbocycles. The van der Waals surface area contributed by atoms with Crippen molar-refractivity contribution in [2.75, 3.05) is 13.1 Å². The number of guanidine groups is 1. The first-order valence-corrected chi connectivity index (χ1v) is 6.87. The second kappa shape index (κ2) is 9.55. The number of aliphatic imine (C=N–C) groups is 1. The van der Waals surface area contributed by atoms with Crippen LogP contribution in [0.1, 0.15) is 30.7 Å². The summed E-state index contributed by atoms with van der Waals surface area (Å²) in [5, 5.41) is 7.60. The second-order valence-electron chi connectivity index (χ2n) is 4.33. The molecule has 0 aromatic carbocycles. The average Bonchev–Trinajstić information content (AvgIpc) is 2.68. The number of halogens is 1. The highest BCUT2D eigenvalue weighted by atomic mass is 127. The number of aromatic nitrogens is 1. The number of rotatable bonds is 5. The van der Waals surface area contributed by atoms with Gasteiger partial charge in [0.05, 0.1) is 6.54 Å². The van der Waals surface area contributed by atoms with Gasteiger partial charge >= 0.3 is 0 Å². The van der Waals surface area contributed by atoms with Crippen molar-refractivity contribution in [2.45, 2.75) is 34.2 Å². The van der Waals surface area contributed by atoms with Crippen LogP contribution in [0.15, 0.2) is 11.2 Å². The normalized spacial score (nSPS) is 11.3. The van der Waals surface area contributed by atoms with Crippen LogP contribution in [-0.4, -0.2) is 24.0 Å². The summed E-state index contributed by atoms with van der Waals surface area (Å²) in [7, 11) is 0. The number of hydrogen-bond donors (Lipinski definition) is 2. The minimum Gasteiger partial charge on any atom is -0.357 e. The molecule has 0 spiro atoms. The zero-order chi connectivity index (χ0) is 12.7. The van der Waals surface area contributed by atoms with Crippen LogP contribution >= 0.6 is 35.3 Å². The molecule has 104 valence electrons. The van der Waals surface area contributed by atoms with E-state index in [1.54, 1.807) is 11.3 Å². The van der Waals surface area contributed by atoms with Gasteiger partial charge in [-0.1, -0.05) is 13.8 Å². The predicted octanol–water partition coefficient (Wildman–Crippen LogP) is 2.78. The zero-order valence-electron chi connectivity index (χ0n) is 11.5. The van der Waals surface area contributed by atoms with E-state index in [1.165, 1.54) is 4.88 Å². The Labute approximate surface area is 131 Å². The molecule has 0 unspecified atom stereocenters. The van der Waals surface area contributed by atoms with E-state index in [0.29, 0.717) is 12.5 Å². The molecule has 0 saturated heterocycles. The fourth-order valence-electron chi connectivity index (χ4n) is 1.26. The molecule has 1 aromatic rings. The Morgan fingerprint density at radius 2 is 2.17 bits per heavy atom. The van der Waals surface area contributed by atoms with Crippen molar-refractivity contribution >= 4 is 41.3 Å². The molecule has 0 radical (unpaired) electrons. The molecule has 0 atom stereocenters. The van der Waals surface area contributed by atoms with Crippen LogP contribution in [0.5, 0.6) is 0 Å². The molecule has 1 aromatic heterocycles. The van der Waals surface area contributed by atoms with Gasteiger partial charge in [-0.3, -0.25) is 0 Å². The van der Waals surface area contributed by atoms with Gasteiger partial charge in [0.15, 0.2) is 5.96 Å². The third-order valence-corrected chi connectivity index (χ3v) is 2.96. The fraction of sp³-hybridized carbons (Fsp3) is 0.667. The molecular formula is C12H23IN4S. The summed E-state index contributed by atoms with van der Waals surface area (Å²) in [6.45, 7) is 10.9. The second-order valence-corrected chi connectivity index (χ2v) is 5.65. The fourth-order valence-corrected chi connectivity index (χ4v) is 1.98. The molecule has 4 nitrogen and oxygen atoms in total. The minimum absolute atomic E-state index is 0. The third kappa shape index (κ3) is 7.15. The van der Waals surface area contributed by atoms with E-state index >= 15 is 0 Å². The third-order valence-electron chi connectivity index (χ3n) is 2.06. The average molecular weight is 382 g/mol. The highest BCUT2D eigenvalue weighted by molar-refractivity contribution is 14.0. The van der Waals surface area contributed by atoms with E-state index in [9.17, 15) is 0 Å². The summed E-state index contributed by atoms with van der Waals surface area (Å²) in [5.74, 6) is 1.48. The quantitative estimate of drug-likeness (QED) is 0.468. The van der Waals surface area contributed by atoms with E-state index in [2.05, 4.69) is 48.3 Å². The maximum Gasteiger partial charge on any atom is 0.191 e. The first-order chi connectivity index (χ1) is 8.11. The van der Waals surface area contributed by atoms with Crippen LogP contribution in [0, 0.1) is 12.8 Å². The number of thiazole rings is 1. The van der Waals surface area contributed by atoms with Gasteiger partial charge in [0, 0.05) is 24.2 Å². The topological polar surface area (TPSA) is 49.3 Å². The maximum absolute atomic E-state index is 4.51. The van der Waals surface area contributed by atoms with Crippen molar-refractivity contribution in [1.29, 1.82) is 0 Å². The summed E-state index contributed by atoms with van der Waals surface area (Å²) in [6.07, 6.45) is 1.89. The van der Waals surface area contributed by atoms with Crippen LogP contribution < -0.4 is 10.6 Å². The van der Waals surface area contributed by atoms with E-state index in [0.717, 1.165) is 24.1 Å². The lowest BCUT2D eigenvalue weighted by Gasteiger charge is -2.12. The monoisotopic (exact) mass is 382 g/mol. The molecule has 0 saturated carbocycles. The summed E-state index contributed by atoms with van der Waals surface area (Å²) < 4.78 is 0. The summed E-state index contributed by atoms with van der Waals surface area (Å²) in [6, 6.07) is 0. The molecule has 1 heterocycles.